The van der Waals surface area contributed by atoms with Crippen LogP contribution in [0.25, 0.3) is 0 Å². The second-order valence-corrected chi connectivity index (χ2v) is 8.04. The van der Waals surface area contributed by atoms with Gasteiger partial charge in [0.25, 0.3) is 0 Å². The fourth-order valence-electron chi connectivity index (χ4n) is 4.14. The lowest BCUT2D eigenvalue weighted by atomic mass is 9.99. The number of fused-ring (bicyclic) bond motifs is 1. The van der Waals surface area contributed by atoms with E-state index in [9.17, 15) is 9.59 Å². The van der Waals surface area contributed by atoms with E-state index in [4.69, 9.17) is 9.47 Å². The zero-order chi connectivity index (χ0) is 22.5. The molecule has 0 unspecified atom stereocenters. The van der Waals surface area contributed by atoms with Gasteiger partial charge in [-0.05, 0) is 61.2 Å². The van der Waals surface area contributed by atoms with Gasteiger partial charge in [-0.25, -0.2) is 0 Å². The summed E-state index contributed by atoms with van der Waals surface area (Å²) in [5, 5.41) is 0. The number of aryl methyl sites for hydroxylation is 1. The average Bonchev–Trinajstić information content (AvgIpc) is 3.02. The van der Waals surface area contributed by atoms with Crippen molar-refractivity contribution in [3.63, 3.8) is 0 Å². The van der Waals surface area contributed by atoms with Gasteiger partial charge in [0.05, 0.1) is 19.6 Å². The molecule has 0 radical (unpaired) electrons. The van der Waals surface area contributed by atoms with Crippen molar-refractivity contribution in [3.05, 3.63) is 89.5 Å². The standard InChI is InChI=1S/C27H27NO4/c1-19(21-7-4-3-5-8-21)27(30)28-17-25(32-24-10-6-9-23(16-24)31-2)13-12-22-15-20(18-29)11-14-26(22)28/h3-11,14-16,18-19,25H,12-13,17H2,1-2H3/t19-,25-/m0/s1. The fourth-order valence-corrected chi connectivity index (χ4v) is 4.14. The Morgan fingerprint density at radius 1 is 1.03 bits per heavy atom. The molecule has 0 aromatic heterocycles. The second kappa shape index (κ2) is 9.69. The Hall–Kier alpha value is -3.60. The number of benzene rings is 3. The fraction of sp³-hybridized carbons (Fsp3) is 0.259. The van der Waals surface area contributed by atoms with Crippen LogP contribution in [0.5, 0.6) is 11.5 Å². The molecule has 0 saturated heterocycles. The van der Waals surface area contributed by atoms with Crippen LogP contribution in [0.1, 0.15) is 40.7 Å². The molecular weight excluding hydrogens is 402 g/mol. The molecule has 0 aliphatic carbocycles. The third-order valence-electron chi connectivity index (χ3n) is 5.93. The van der Waals surface area contributed by atoms with E-state index in [0.717, 1.165) is 41.7 Å². The molecule has 5 heteroatoms. The smallest absolute Gasteiger partial charge is 0.234 e. The van der Waals surface area contributed by atoms with E-state index in [1.54, 1.807) is 13.2 Å². The zero-order valence-corrected chi connectivity index (χ0v) is 18.4. The Morgan fingerprint density at radius 3 is 2.56 bits per heavy atom. The van der Waals surface area contributed by atoms with Gasteiger partial charge in [0.2, 0.25) is 5.91 Å². The van der Waals surface area contributed by atoms with Crippen LogP contribution in [0, 0.1) is 0 Å². The van der Waals surface area contributed by atoms with E-state index >= 15 is 0 Å². The highest BCUT2D eigenvalue weighted by Gasteiger charge is 2.30. The summed E-state index contributed by atoms with van der Waals surface area (Å²) in [5.74, 6) is 1.14. The summed E-state index contributed by atoms with van der Waals surface area (Å²) in [6, 6.07) is 22.8. The van der Waals surface area contributed by atoms with Crippen LogP contribution in [0.4, 0.5) is 5.69 Å². The minimum Gasteiger partial charge on any atom is -0.497 e. The van der Waals surface area contributed by atoms with Gasteiger partial charge in [-0.1, -0.05) is 36.4 Å². The highest BCUT2D eigenvalue weighted by atomic mass is 16.5. The third-order valence-corrected chi connectivity index (χ3v) is 5.93. The van der Waals surface area contributed by atoms with E-state index in [2.05, 4.69) is 0 Å². The van der Waals surface area contributed by atoms with Gasteiger partial charge in [-0.15, -0.1) is 0 Å². The number of anilines is 1. The summed E-state index contributed by atoms with van der Waals surface area (Å²) in [6.45, 7) is 2.36. The van der Waals surface area contributed by atoms with Crippen LogP contribution in [-0.2, 0) is 11.2 Å². The number of ether oxygens (including phenoxy) is 2. The lowest BCUT2D eigenvalue weighted by Gasteiger charge is -2.29. The summed E-state index contributed by atoms with van der Waals surface area (Å²) < 4.78 is 11.6. The molecule has 0 fully saturated rings. The maximum atomic E-state index is 13.6. The third kappa shape index (κ3) is 4.67. The van der Waals surface area contributed by atoms with Crippen molar-refractivity contribution >= 4 is 17.9 Å². The predicted molar refractivity (Wildman–Crippen MR) is 125 cm³/mol. The Balaban J connectivity index is 1.65. The van der Waals surface area contributed by atoms with Crippen LogP contribution in [-0.4, -0.2) is 32.0 Å². The summed E-state index contributed by atoms with van der Waals surface area (Å²) in [5.41, 5.74) is 3.41. The SMILES string of the molecule is COc1cccc(O[C@H]2CCc3cc(C=O)ccc3N(C(=O)[C@@H](C)c3ccccc3)C2)c1. The van der Waals surface area contributed by atoms with Gasteiger partial charge in [0, 0.05) is 17.3 Å². The summed E-state index contributed by atoms with van der Waals surface area (Å²) >= 11 is 0. The number of amides is 1. The monoisotopic (exact) mass is 429 g/mol. The summed E-state index contributed by atoms with van der Waals surface area (Å²) in [6.07, 6.45) is 2.10. The molecule has 1 amide bonds. The van der Waals surface area contributed by atoms with E-state index in [1.165, 1.54) is 0 Å². The highest BCUT2D eigenvalue weighted by molar-refractivity contribution is 5.99. The molecular formula is C27H27NO4. The average molecular weight is 430 g/mol. The molecule has 1 aliphatic heterocycles. The van der Waals surface area contributed by atoms with Gasteiger partial charge >= 0.3 is 0 Å². The van der Waals surface area contributed by atoms with Crippen LogP contribution in [0.3, 0.4) is 0 Å². The first kappa shape index (κ1) is 21.6. The molecule has 0 saturated carbocycles. The molecule has 0 N–H and O–H groups in total. The van der Waals surface area contributed by atoms with E-state index < -0.39 is 0 Å². The number of hydrogen-bond donors (Lipinski definition) is 0. The van der Waals surface area contributed by atoms with Crippen molar-refractivity contribution in [2.45, 2.75) is 31.8 Å². The van der Waals surface area contributed by atoms with Crippen molar-refractivity contribution in [2.75, 3.05) is 18.6 Å². The van der Waals surface area contributed by atoms with E-state index in [1.807, 2.05) is 78.6 Å². The Morgan fingerprint density at radius 2 is 1.81 bits per heavy atom. The second-order valence-electron chi connectivity index (χ2n) is 8.04. The minimum absolute atomic E-state index is 0.0115. The van der Waals surface area contributed by atoms with E-state index in [-0.39, 0.29) is 17.9 Å². The van der Waals surface area contributed by atoms with Crippen molar-refractivity contribution < 1.29 is 19.1 Å². The van der Waals surface area contributed by atoms with Crippen molar-refractivity contribution in [1.82, 2.24) is 0 Å². The number of aldehydes is 1. The topological polar surface area (TPSA) is 55.8 Å². The number of methoxy groups -OCH3 is 1. The van der Waals surface area contributed by atoms with Crippen LogP contribution in [0.2, 0.25) is 0 Å². The van der Waals surface area contributed by atoms with Crippen LogP contribution < -0.4 is 14.4 Å². The van der Waals surface area contributed by atoms with Crippen LogP contribution >= 0.6 is 0 Å². The van der Waals surface area contributed by atoms with Gasteiger partial charge in [-0.2, -0.15) is 0 Å². The molecule has 2 atom stereocenters. The Kier molecular flexibility index (Phi) is 6.55. The number of hydrogen-bond acceptors (Lipinski definition) is 4. The number of carbonyl (C=O) groups is 2. The normalized spacial score (nSPS) is 16.4. The molecule has 3 aromatic rings. The Bertz CT molecular complexity index is 1100. The summed E-state index contributed by atoms with van der Waals surface area (Å²) in [7, 11) is 1.62. The lowest BCUT2D eigenvalue weighted by Crippen LogP contribution is -2.41. The van der Waals surface area contributed by atoms with Gasteiger partial charge in [0.15, 0.2) is 0 Å². The first-order valence-corrected chi connectivity index (χ1v) is 10.8. The van der Waals surface area contributed by atoms with Crippen molar-refractivity contribution in [2.24, 2.45) is 0 Å². The van der Waals surface area contributed by atoms with Crippen LogP contribution in [0.15, 0.2) is 72.8 Å². The summed E-state index contributed by atoms with van der Waals surface area (Å²) in [4.78, 5) is 26.8. The molecule has 1 aliphatic rings. The van der Waals surface area contributed by atoms with Gasteiger partial charge in [-0.3, -0.25) is 9.59 Å². The van der Waals surface area contributed by atoms with Crippen molar-refractivity contribution in [1.29, 1.82) is 0 Å². The molecule has 3 aromatic carbocycles. The number of carbonyl (C=O) groups excluding carboxylic acids is 2. The molecule has 164 valence electrons. The Labute approximate surface area is 188 Å². The molecule has 0 bridgehead atoms. The molecule has 5 nitrogen and oxygen atoms in total. The zero-order valence-electron chi connectivity index (χ0n) is 18.4. The van der Waals surface area contributed by atoms with Gasteiger partial charge < -0.3 is 14.4 Å². The van der Waals surface area contributed by atoms with Crippen molar-refractivity contribution in [3.8, 4) is 11.5 Å². The number of rotatable bonds is 6. The molecule has 1 heterocycles. The predicted octanol–water partition coefficient (Wildman–Crippen LogP) is 5.04. The quantitative estimate of drug-likeness (QED) is 0.515. The molecule has 32 heavy (non-hydrogen) atoms. The lowest BCUT2D eigenvalue weighted by molar-refractivity contribution is -0.120. The highest BCUT2D eigenvalue weighted by Crippen LogP contribution is 2.32. The largest absolute Gasteiger partial charge is 0.497 e. The minimum atomic E-state index is -0.301. The maximum absolute atomic E-state index is 13.6. The molecule has 0 spiro atoms. The maximum Gasteiger partial charge on any atom is 0.234 e. The van der Waals surface area contributed by atoms with Gasteiger partial charge in [0.1, 0.15) is 23.9 Å². The van der Waals surface area contributed by atoms with E-state index in [0.29, 0.717) is 17.9 Å². The first-order valence-electron chi connectivity index (χ1n) is 10.8. The number of nitrogens with zero attached hydrogens (tertiary/aromatic N) is 1. The molecule has 4 rings (SSSR count). The first-order chi connectivity index (χ1) is 15.6.